The summed E-state index contributed by atoms with van der Waals surface area (Å²) in [7, 11) is 0. The highest BCUT2D eigenvalue weighted by Gasteiger charge is 2.10. The molecule has 5 nitrogen and oxygen atoms in total. The van der Waals surface area contributed by atoms with Crippen molar-refractivity contribution in [2.75, 3.05) is 11.1 Å². The molecule has 0 saturated carbocycles. The fourth-order valence-corrected chi connectivity index (χ4v) is 3.21. The summed E-state index contributed by atoms with van der Waals surface area (Å²) >= 11 is 4.73. The van der Waals surface area contributed by atoms with Gasteiger partial charge in [0.15, 0.2) is 16.8 Å². The molecule has 0 aliphatic heterocycles. The number of aromatic nitrogens is 2. The van der Waals surface area contributed by atoms with Gasteiger partial charge in [0.1, 0.15) is 0 Å². The minimum Gasteiger partial charge on any atom is -0.335 e. The minimum absolute atomic E-state index is 0.0447. The van der Waals surface area contributed by atoms with Gasteiger partial charge in [-0.15, -0.1) is 0 Å². The van der Waals surface area contributed by atoms with Crippen LogP contribution in [0.3, 0.4) is 0 Å². The van der Waals surface area contributed by atoms with Crippen LogP contribution in [-0.4, -0.2) is 26.9 Å². The highest BCUT2D eigenvalue weighted by molar-refractivity contribution is 9.10. The highest BCUT2D eigenvalue weighted by atomic mass is 79.9. The van der Waals surface area contributed by atoms with E-state index in [0.717, 1.165) is 15.9 Å². The van der Waals surface area contributed by atoms with Gasteiger partial charge in [0.05, 0.1) is 5.75 Å². The molecule has 0 fully saturated rings. The van der Waals surface area contributed by atoms with Crippen molar-refractivity contribution in [3.63, 3.8) is 0 Å². The molecular formula is C19H17BrN4OS. The van der Waals surface area contributed by atoms with Gasteiger partial charge >= 0.3 is 0 Å². The number of aliphatic imine (C=N–C) groups is 1. The lowest BCUT2D eigenvalue weighted by Gasteiger charge is -2.09. The fraction of sp³-hybridized carbons (Fsp3) is 0.105. The van der Waals surface area contributed by atoms with Gasteiger partial charge in [0, 0.05) is 27.5 Å². The molecule has 0 aliphatic carbocycles. The number of aryl methyl sites for hydroxylation is 1. The number of nitrogens with zero attached hydrogens (tertiary/aromatic N) is 2. The number of aromatic amines is 1. The van der Waals surface area contributed by atoms with E-state index in [1.165, 1.54) is 11.8 Å². The van der Waals surface area contributed by atoms with Gasteiger partial charge in [-0.3, -0.25) is 9.89 Å². The fourth-order valence-electron chi connectivity index (χ4n) is 2.16. The largest absolute Gasteiger partial charge is 0.335 e. The molecule has 1 heterocycles. The number of nitrogens with one attached hydrogen (secondary N) is 2. The molecule has 2 aromatic carbocycles. The Hall–Kier alpha value is -2.38. The molecule has 0 bridgehead atoms. The third-order valence-electron chi connectivity index (χ3n) is 3.44. The van der Waals surface area contributed by atoms with Crippen molar-refractivity contribution in [2.24, 2.45) is 4.99 Å². The van der Waals surface area contributed by atoms with Crippen molar-refractivity contribution in [1.82, 2.24) is 10.2 Å². The monoisotopic (exact) mass is 428 g/mol. The third-order valence-corrected chi connectivity index (χ3v) is 4.84. The smallest absolute Gasteiger partial charge is 0.176 e. The van der Waals surface area contributed by atoms with Gasteiger partial charge < -0.3 is 5.32 Å². The molecule has 0 radical (unpaired) electrons. The van der Waals surface area contributed by atoms with Crippen molar-refractivity contribution in [3.05, 3.63) is 76.4 Å². The van der Waals surface area contributed by atoms with E-state index >= 15 is 0 Å². The zero-order valence-corrected chi connectivity index (χ0v) is 16.5. The first kappa shape index (κ1) is 18.4. The highest BCUT2D eigenvalue weighted by Crippen LogP contribution is 2.18. The van der Waals surface area contributed by atoms with E-state index < -0.39 is 0 Å². The van der Waals surface area contributed by atoms with Crippen LogP contribution >= 0.6 is 27.7 Å². The van der Waals surface area contributed by atoms with Gasteiger partial charge in [0.25, 0.3) is 0 Å². The summed E-state index contributed by atoms with van der Waals surface area (Å²) in [6.45, 7) is 1.92. The standard InChI is InChI=1S/C19H17BrN4OS/c1-13-11-18(24-23-13)22-19(21-16-5-3-2-4-6-16)26-12-17(25)14-7-9-15(20)10-8-14/h2-11H,12H2,1H3,(H2,21,22,23,24). The maximum atomic E-state index is 12.4. The van der Waals surface area contributed by atoms with E-state index in [1.807, 2.05) is 67.6 Å². The molecule has 132 valence electrons. The summed E-state index contributed by atoms with van der Waals surface area (Å²) in [6, 6.07) is 18.9. The molecule has 0 saturated heterocycles. The van der Waals surface area contributed by atoms with Crippen molar-refractivity contribution in [3.8, 4) is 0 Å². The number of para-hydroxylation sites is 1. The molecule has 2 N–H and O–H groups in total. The Morgan fingerprint density at radius 2 is 1.92 bits per heavy atom. The van der Waals surface area contributed by atoms with Gasteiger partial charge in [-0.1, -0.05) is 58.0 Å². The predicted molar refractivity (Wildman–Crippen MR) is 111 cm³/mol. The summed E-state index contributed by atoms with van der Waals surface area (Å²) < 4.78 is 0.948. The molecule has 0 spiro atoms. The first-order valence-corrected chi connectivity index (χ1v) is 9.72. The molecule has 26 heavy (non-hydrogen) atoms. The lowest BCUT2D eigenvalue weighted by atomic mass is 10.2. The maximum Gasteiger partial charge on any atom is 0.176 e. The number of carbonyl (C=O) groups is 1. The summed E-state index contributed by atoms with van der Waals surface area (Å²) in [5, 5.41) is 10.9. The zero-order chi connectivity index (χ0) is 18.4. The first-order chi connectivity index (χ1) is 12.6. The number of Topliss-reactive ketones (excluding diaryl/α,β-unsaturated/α-hetero) is 1. The molecule has 7 heteroatoms. The number of rotatable bonds is 5. The van der Waals surface area contributed by atoms with Crippen molar-refractivity contribution < 1.29 is 4.79 Å². The molecule has 3 rings (SSSR count). The number of halogens is 1. The Bertz CT molecular complexity index is 907. The molecule has 0 amide bonds. The van der Waals surface area contributed by atoms with Gasteiger partial charge in [-0.25, -0.2) is 4.99 Å². The van der Waals surface area contributed by atoms with Crippen LogP contribution in [0.1, 0.15) is 16.1 Å². The number of ketones is 1. The van der Waals surface area contributed by atoms with Gasteiger partial charge in [0.2, 0.25) is 0 Å². The van der Waals surface area contributed by atoms with E-state index in [4.69, 9.17) is 0 Å². The average molecular weight is 429 g/mol. The molecule has 3 aromatic rings. The van der Waals surface area contributed by atoms with Crippen molar-refractivity contribution in [1.29, 1.82) is 0 Å². The van der Waals surface area contributed by atoms with Crippen molar-refractivity contribution in [2.45, 2.75) is 6.92 Å². The van der Waals surface area contributed by atoms with Crippen LogP contribution in [0, 0.1) is 6.92 Å². The lowest BCUT2D eigenvalue weighted by Crippen LogP contribution is -2.12. The zero-order valence-electron chi connectivity index (χ0n) is 14.1. The van der Waals surface area contributed by atoms with Crippen LogP contribution < -0.4 is 5.32 Å². The van der Waals surface area contributed by atoms with E-state index in [9.17, 15) is 4.79 Å². The molecule has 0 aliphatic rings. The normalized spacial score (nSPS) is 11.4. The second-order valence-electron chi connectivity index (χ2n) is 5.54. The number of carbonyl (C=O) groups excluding carboxylic acids is 1. The Balaban J connectivity index is 1.73. The van der Waals surface area contributed by atoms with E-state index in [0.29, 0.717) is 16.5 Å². The maximum absolute atomic E-state index is 12.4. The molecule has 1 aromatic heterocycles. The Morgan fingerprint density at radius 3 is 2.58 bits per heavy atom. The predicted octanol–water partition coefficient (Wildman–Crippen LogP) is 5.20. The Kier molecular flexibility index (Phi) is 6.25. The summed E-state index contributed by atoms with van der Waals surface area (Å²) in [5.74, 6) is 0.900. The third kappa shape index (κ3) is 5.31. The summed E-state index contributed by atoms with van der Waals surface area (Å²) in [5.41, 5.74) is 2.51. The second kappa shape index (κ2) is 8.82. The molecular weight excluding hydrogens is 412 g/mol. The number of hydrogen-bond donors (Lipinski definition) is 2. The Morgan fingerprint density at radius 1 is 1.19 bits per heavy atom. The van der Waals surface area contributed by atoms with Crippen molar-refractivity contribution >= 4 is 50.1 Å². The van der Waals surface area contributed by atoms with Crippen LogP contribution in [0.2, 0.25) is 0 Å². The van der Waals surface area contributed by atoms with Gasteiger partial charge in [-0.05, 0) is 31.2 Å². The van der Waals surface area contributed by atoms with Crippen LogP contribution in [0.15, 0.2) is 70.1 Å². The van der Waals surface area contributed by atoms with Crippen LogP contribution in [0.25, 0.3) is 0 Å². The molecule has 0 unspecified atom stereocenters. The van der Waals surface area contributed by atoms with E-state index in [-0.39, 0.29) is 11.5 Å². The number of hydrogen-bond acceptors (Lipinski definition) is 4. The summed E-state index contributed by atoms with van der Waals surface area (Å²) in [4.78, 5) is 16.9. The van der Waals surface area contributed by atoms with Crippen LogP contribution in [0.4, 0.5) is 11.5 Å². The van der Waals surface area contributed by atoms with E-state index in [2.05, 4.69) is 36.4 Å². The van der Waals surface area contributed by atoms with E-state index in [1.54, 1.807) is 0 Å². The quantitative estimate of drug-likeness (QED) is 0.333. The topological polar surface area (TPSA) is 70.1 Å². The first-order valence-electron chi connectivity index (χ1n) is 7.94. The van der Waals surface area contributed by atoms with Gasteiger partial charge in [-0.2, -0.15) is 5.10 Å². The number of amidine groups is 1. The average Bonchev–Trinajstić information content (AvgIpc) is 3.05. The second-order valence-corrected chi connectivity index (χ2v) is 7.42. The summed E-state index contributed by atoms with van der Waals surface area (Å²) in [6.07, 6.45) is 0. The van der Waals surface area contributed by atoms with Crippen LogP contribution in [0.5, 0.6) is 0 Å². The number of thioether (sulfide) groups is 1. The minimum atomic E-state index is 0.0447. The Labute approximate surface area is 164 Å². The van der Waals surface area contributed by atoms with Crippen LogP contribution in [-0.2, 0) is 0 Å². The lowest BCUT2D eigenvalue weighted by molar-refractivity contribution is 0.102. The number of benzene rings is 2. The SMILES string of the molecule is Cc1cc(N=C(Nc2ccccc2)SCC(=O)c2ccc(Br)cc2)n[nH]1. The number of anilines is 1. The number of H-pyrrole nitrogens is 1. The molecule has 0 atom stereocenters.